The Morgan fingerprint density at radius 2 is 1.78 bits per heavy atom. The molecule has 0 heterocycles. The molecule has 9 heavy (non-hydrogen) atoms. The topological polar surface area (TPSA) is 0 Å². The largest absolute Gasteiger partial charge is 0.269 e. The van der Waals surface area contributed by atoms with E-state index in [1.807, 2.05) is 22.6 Å². The van der Waals surface area contributed by atoms with Crippen LogP contribution in [0, 0.1) is 0 Å². The molecule has 0 spiro atoms. The van der Waals surface area contributed by atoms with E-state index in [1.54, 1.807) is 0 Å². The minimum Gasteiger partial charge on any atom is -0.241 e. The molecule has 0 aliphatic rings. The van der Waals surface area contributed by atoms with Crippen LogP contribution in [-0.4, -0.2) is 17.0 Å². The van der Waals surface area contributed by atoms with Crippen LogP contribution in [-0.2, 0) is 0 Å². The van der Waals surface area contributed by atoms with Crippen LogP contribution >= 0.6 is 22.6 Å². The van der Waals surface area contributed by atoms with Gasteiger partial charge in [-0.3, -0.25) is 0 Å². The Labute approximate surface area is 66.0 Å². The molecule has 56 valence electrons. The molecule has 0 rings (SSSR count). The van der Waals surface area contributed by atoms with Crippen molar-refractivity contribution < 1.29 is 13.2 Å². The third-order valence-corrected chi connectivity index (χ3v) is 1.65. The van der Waals surface area contributed by atoms with E-state index in [0.29, 0.717) is 6.42 Å². The van der Waals surface area contributed by atoms with Crippen LogP contribution in [0.5, 0.6) is 0 Å². The average molecular weight is 252 g/mol. The van der Waals surface area contributed by atoms with Crippen molar-refractivity contribution in [1.82, 2.24) is 0 Å². The van der Waals surface area contributed by atoms with Crippen molar-refractivity contribution in [2.45, 2.75) is 25.4 Å². The molecule has 0 nitrogen and oxygen atoms in total. The lowest BCUT2D eigenvalue weighted by atomic mass is 10.2. The first-order valence-electron chi connectivity index (χ1n) is 2.66. The van der Waals surface area contributed by atoms with Crippen LogP contribution in [0.1, 0.15) is 12.8 Å². The summed E-state index contributed by atoms with van der Waals surface area (Å²) in [6.45, 7) is 0. The number of hydrogen-bond acceptors (Lipinski definition) is 0. The molecule has 0 saturated carbocycles. The number of rotatable bonds is 4. The molecular weight excluding hydrogens is 244 g/mol. The molecule has 0 radical (unpaired) electrons. The minimum atomic E-state index is -2.80. The van der Waals surface area contributed by atoms with Crippen molar-refractivity contribution in [3.63, 3.8) is 0 Å². The zero-order chi connectivity index (χ0) is 7.28. The Kier molecular flexibility index (Phi) is 5.62. The van der Waals surface area contributed by atoms with Crippen LogP contribution in [0.3, 0.4) is 0 Å². The van der Waals surface area contributed by atoms with Crippen molar-refractivity contribution in [2.75, 3.05) is 4.43 Å². The normalized spacial score (nSPS) is 14.3. The van der Waals surface area contributed by atoms with Gasteiger partial charge in [-0.15, -0.1) is 0 Å². The maximum atomic E-state index is 12.0. The summed E-state index contributed by atoms with van der Waals surface area (Å²) in [5, 5.41) is 0. The zero-order valence-corrected chi connectivity index (χ0v) is 6.95. The lowest BCUT2D eigenvalue weighted by Gasteiger charge is -2.03. The Hall–Kier alpha value is 0.520. The predicted molar refractivity (Wildman–Crippen MR) is 39.0 cm³/mol. The Balaban J connectivity index is 3.16. The van der Waals surface area contributed by atoms with Crippen molar-refractivity contribution in [2.24, 2.45) is 0 Å². The highest BCUT2D eigenvalue weighted by Crippen LogP contribution is 2.11. The molecular formula is C5H8F3I. The SMILES string of the molecule is FC(F)C(F)CCCI. The maximum Gasteiger partial charge on any atom is 0.269 e. The third-order valence-electron chi connectivity index (χ3n) is 0.887. The lowest BCUT2D eigenvalue weighted by Crippen LogP contribution is -2.11. The molecule has 0 N–H and O–H groups in total. The summed E-state index contributed by atoms with van der Waals surface area (Å²) in [5.41, 5.74) is 0. The molecule has 0 bridgehead atoms. The van der Waals surface area contributed by atoms with Gasteiger partial charge in [-0.1, -0.05) is 22.6 Å². The van der Waals surface area contributed by atoms with Crippen molar-refractivity contribution in [3.8, 4) is 0 Å². The molecule has 0 amide bonds. The first-order chi connectivity index (χ1) is 4.18. The number of hydrogen-bond donors (Lipinski definition) is 0. The van der Waals surface area contributed by atoms with E-state index in [4.69, 9.17) is 0 Å². The van der Waals surface area contributed by atoms with Gasteiger partial charge >= 0.3 is 0 Å². The molecule has 0 aromatic carbocycles. The zero-order valence-electron chi connectivity index (χ0n) is 4.79. The Bertz CT molecular complexity index is 67.2. The summed E-state index contributed by atoms with van der Waals surface area (Å²) < 4.78 is 35.4. The summed E-state index contributed by atoms with van der Waals surface area (Å²) in [6, 6.07) is 0. The molecule has 0 aromatic rings. The number of alkyl halides is 4. The molecule has 1 unspecified atom stereocenters. The van der Waals surface area contributed by atoms with Gasteiger partial charge in [0.2, 0.25) is 0 Å². The summed E-state index contributed by atoms with van der Waals surface area (Å²) in [6.07, 6.45) is -4.19. The van der Waals surface area contributed by atoms with Crippen LogP contribution in [0.2, 0.25) is 0 Å². The minimum absolute atomic E-state index is 0.0133. The summed E-state index contributed by atoms with van der Waals surface area (Å²) >= 11 is 2.03. The molecule has 0 saturated heterocycles. The van der Waals surface area contributed by atoms with Gasteiger partial charge in [0.1, 0.15) is 0 Å². The first-order valence-corrected chi connectivity index (χ1v) is 4.19. The number of halogens is 4. The second-order valence-corrected chi connectivity index (χ2v) is 2.76. The van der Waals surface area contributed by atoms with Gasteiger partial charge in [0.05, 0.1) is 0 Å². The van der Waals surface area contributed by atoms with E-state index in [9.17, 15) is 13.2 Å². The smallest absolute Gasteiger partial charge is 0.241 e. The molecule has 0 fully saturated rings. The predicted octanol–water partition coefficient (Wildman–Crippen LogP) is 2.80. The monoisotopic (exact) mass is 252 g/mol. The Morgan fingerprint density at radius 3 is 2.11 bits per heavy atom. The van der Waals surface area contributed by atoms with Gasteiger partial charge in [-0.05, 0) is 17.3 Å². The van der Waals surface area contributed by atoms with Crippen LogP contribution in [0.15, 0.2) is 0 Å². The maximum absolute atomic E-state index is 12.0. The van der Waals surface area contributed by atoms with Crippen molar-refractivity contribution in [3.05, 3.63) is 0 Å². The van der Waals surface area contributed by atoms with Gasteiger partial charge in [0.15, 0.2) is 6.17 Å². The van der Waals surface area contributed by atoms with E-state index in [-0.39, 0.29) is 6.42 Å². The Morgan fingerprint density at radius 1 is 1.22 bits per heavy atom. The van der Waals surface area contributed by atoms with E-state index in [0.717, 1.165) is 4.43 Å². The quantitative estimate of drug-likeness (QED) is 0.533. The fourth-order valence-electron chi connectivity index (χ4n) is 0.398. The highest BCUT2D eigenvalue weighted by atomic mass is 127. The van der Waals surface area contributed by atoms with Crippen LogP contribution in [0.25, 0.3) is 0 Å². The fraction of sp³-hybridized carbons (Fsp3) is 1.00. The molecule has 0 aliphatic carbocycles. The van der Waals surface area contributed by atoms with Crippen LogP contribution < -0.4 is 0 Å². The lowest BCUT2D eigenvalue weighted by molar-refractivity contribution is 0.0453. The third kappa shape index (κ3) is 4.99. The second kappa shape index (κ2) is 5.32. The molecule has 1 atom stereocenters. The second-order valence-electron chi connectivity index (χ2n) is 1.68. The first kappa shape index (κ1) is 9.52. The standard InChI is InChI=1S/C5H8F3I/c6-4(5(7)8)2-1-3-9/h4-5H,1-3H2. The highest BCUT2D eigenvalue weighted by molar-refractivity contribution is 14.1. The van der Waals surface area contributed by atoms with Crippen LogP contribution in [0.4, 0.5) is 13.2 Å². The summed E-state index contributed by atoms with van der Waals surface area (Å²) in [5.74, 6) is 0. The van der Waals surface area contributed by atoms with Crippen molar-refractivity contribution >= 4 is 22.6 Å². The summed E-state index contributed by atoms with van der Waals surface area (Å²) in [7, 11) is 0. The van der Waals surface area contributed by atoms with Gasteiger partial charge in [0.25, 0.3) is 6.43 Å². The average Bonchev–Trinajstić information content (AvgIpc) is 1.82. The van der Waals surface area contributed by atoms with Gasteiger partial charge < -0.3 is 0 Å². The van der Waals surface area contributed by atoms with E-state index in [1.165, 1.54) is 0 Å². The molecule has 0 aromatic heterocycles. The van der Waals surface area contributed by atoms with Gasteiger partial charge in [0, 0.05) is 0 Å². The molecule has 0 aliphatic heterocycles. The molecule has 4 heteroatoms. The van der Waals surface area contributed by atoms with Gasteiger partial charge in [-0.25, -0.2) is 13.2 Å². The van der Waals surface area contributed by atoms with Gasteiger partial charge in [-0.2, -0.15) is 0 Å². The summed E-state index contributed by atoms with van der Waals surface area (Å²) in [4.78, 5) is 0. The highest BCUT2D eigenvalue weighted by Gasteiger charge is 2.17. The fourth-order valence-corrected chi connectivity index (χ4v) is 0.839. The van der Waals surface area contributed by atoms with E-state index < -0.39 is 12.6 Å². The van der Waals surface area contributed by atoms with Crippen molar-refractivity contribution in [1.29, 1.82) is 0 Å². The van der Waals surface area contributed by atoms with E-state index >= 15 is 0 Å². The van der Waals surface area contributed by atoms with E-state index in [2.05, 4.69) is 0 Å².